The van der Waals surface area contributed by atoms with Crippen molar-refractivity contribution in [2.75, 3.05) is 13.7 Å². The molecule has 20 heavy (non-hydrogen) atoms. The van der Waals surface area contributed by atoms with Crippen molar-refractivity contribution in [2.45, 2.75) is 25.4 Å². The van der Waals surface area contributed by atoms with Gasteiger partial charge in [0.05, 0.1) is 19.2 Å². The summed E-state index contributed by atoms with van der Waals surface area (Å²) < 4.78 is 18.4. The van der Waals surface area contributed by atoms with Crippen LogP contribution in [0.25, 0.3) is 11.0 Å². The molecule has 0 saturated carbocycles. The van der Waals surface area contributed by atoms with E-state index in [1.54, 1.807) is 12.1 Å². The lowest BCUT2D eigenvalue weighted by molar-refractivity contribution is -0.146. The van der Waals surface area contributed by atoms with Crippen molar-refractivity contribution in [3.63, 3.8) is 0 Å². The molecular weight excluding hydrogens is 261 g/mol. The van der Waals surface area contributed by atoms with Crippen molar-refractivity contribution >= 4 is 17.0 Å². The minimum Gasteiger partial charge on any atom is -0.468 e. The second-order valence-electron chi connectivity index (χ2n) is 4.97. The van der Waals surface area contributed by atoms with E-state index in [0.29, 0.717) is 23.4 Å². The highest BCUT2D eigenvalue weighted by molar-refractivity contribution is 5.76. The van der Waals surface area contributed by atoms with E-state index < -0.39 is 0 Å². The first-order chi connectivity index (χ1) is 9.69. The zero-order valence-electron chi connectivity index (χ0n) is 11.2. The lowest BCUT2D eigenvalue weighted by Gasteiger charge is -2.20. The number of carbonyl (C=O) groups is 1. The number of para-hydroxylation sites is 1. The second-order valence-corrected chi connectivity index (χ2v) is 4.97. The molecule has 1 aliphatic heterocycles. The van der Waals surface area contributed by atoms with Gasteiger partial charge in [0.15, 0.2) is 5.82 Å². The maximum absolute atomic E-state index is 13.6. The molecule has 1 atom stereocenters. The Morgan fingerprint density at radius 2 is 2.45 bits per heavy atom. The summed E-state index contributed by atoms with van der Waals surface area (Å²) in [6.07, 6.45) is 1.75. The summed E-state index contributed by atoms with van der Waals surface area (Å²) in [6.45, 7) is 1.31. The van der Waals surface area contributed by atoms with Gasteiger partial charge in [-0.2, -0.15) is 0 Å². The SMILES string of the molecule is COC(=O)[C@@H]1CCCN1Cc1nc2c(F)cccc2[nH]1. The molecule has 0 bridgehead atoms. The van der Waals surface area contributed by atoms with E-state index >= 15 is 0 Å². The number of likely N-dealkylation sites (tertiary alicyclic amines) is 1. The minimum atomic E-state index is -0.337. The Balaban J connectivity index is 1.82. The molecule has 106 valence electrons. The number of aromatic amines is 1. The Morgan fingerprint density at radius 3 is 3.20 bits per heavy atom. The summed E-state index contributed by atoms with van der Waals surface area (Å²) in [5.74, 6) is 0.113. The van der Waals surface area contributed by atoms with Crippen LogP contribution in [0.5, 0.6) is 0 Å². The van der Waals surface area contributed by atoms with Gasteiger partial charge >= 0.3 is 5.97 Å². The van der Waals surface area contributed by atoms with Crippen LogP contribution in [0.2, 0.25) is 0 Å². The third kappa shape index (κ3) is 2.27. The molecule has 0 radical (unpaired) electrons. The third-order valence-electron chi connectivity index (χ3n) is 3.70. The lowest BCUT2D eigenvalue weighted by atomic mass is 10.2. The molecular formula is C14H16FN3O2. The number of benzene rings is 1. The van der Waals surface area contributed by atoms with Crippen LogP contribution in [-0.2, 0) is 16.1 Å². The Morgan fingerprint density at radius 1 is 1.60 bits per heavy atom. The molecule has 0 spiro atoms. The van der Waals surface area contributed by atoms with Crippen LogP contribution >= 0.6 is 0 Å². The first kappa shape index (κ1) is 13.1. The van der Waals surface area contributed by atoms with Crippen molar-refractivity contribution in [2.24, 2.45) is 0 Å². The van der Waals surface area contributed by atoms with E-state index in [2.05, 4.69) is 9.97 Å². The number of imidazole rings is 1. The standard InChI is InChI=1S/C14H16FN3O2/c1-20-14(19)11-6-3-7-18(11)8-12-16-10-5-2-4-9(15)13(10)17-12/h2,4-5,11H,3,6-8H2,1H3,(H,16,17)/t11-/m0/s1. The highest BCUT2D eigenvalue weighted by Gasteiger charge is 2.31. The molecule has 3 rings (SSSR count). The van der Waals surface area contributed by atoms with Crippen LogP contribution in [0, 0.1) is 5.82 Å². The number of hydrogen-bond acceptors (Lipinski definition) is 4. The van der Waals surface area contributed by atoms with Crippen LogP contribution in [0.1, 0.15) is 18.7 Å². The monoisotopic (exact) mass is 277 g/mol. The molecule has 1 aromatic carbocycles. The molecule has 1 fully saturated rings. The van der Waals surface area contributed by atoms with Gasteiger partial charge in [-0.15, -0.1) is 0 Å². The van der Waals surface area contributed by atoms with E-state index in [1.807, 2.05) is 4.90 Å². The number of nitrogens with zero attached hydrogens (tertiary/aromatic N) is 2. The Bertz CT molecular complexity index is 640. The van der Waals surface area contributed by atoms with Gasteiger partial charge in [-0.1, -0.05) is 6.07 Å². The fraction of sp³-hybridized carbons (Fsp3) is 0.429. The molecule has 0 amide bonds. The largest absolute Gasteiger partial charge is 0.468 e. The summed E-state index contributed by atoms with van der Waals surface area (Å²) >= 11 is 0. The van der Waals surface area contributed by atoms with Gasteiger partial charge in [0.25, 0.3) is 0 Å². The van der Waals surface area contributed by atoms with Gasteiger partial charge in [0.1, 0.15) is 17.4 Å². The number of rotatable bonds is 3. The molecule has 1 N–H and O–H groups in total. The van der Waals surface area contributed by atoms with Crippen molar-refractivity contribution in [3.8, 4) is 0 Å². The summed E-state index contributed by atoms with van der Waals surface area (Å²) in [6, 6.07) is 4.60. The highest BCUT2D eigenvalue weighted by atomic mass is 19.1. The van der Waals surface area contributed by atoms with E-state index in [1.165, 1.54) is 13.2 Å². The zero-order chi connectivity index (χ0) is 14.1. The molecule has 2 aromatic rings. The van der Waals surface area contributed by atoms with Gasteiger partial charge in [0, 0.05) is 0 Å². The Hall–Kier alpha value is -1.95. The van der Waals surface area contributed by atoms with Crippen LogP contribution in [0.15, 0.2) is 18.2 Å². The van der Waals surface area contributed by atoms with Gasteiger partial charge in [-0.25, -0.2) is 9.37 Å². The number of halogens is 1. The van der Waals surface area contributed by atoms with Gasteiger partial charge in [-0.05, 0) is 31.5 Å². The number of esters is 1. The molecule has 0 aliphatic carbocycles. The average Bonchev–Trinajstić information content (AvgIpc) is 3.05. The smallest absolute Gasteiger partial charge is 0.323 e. The fourth-order valence-electron chi connectivity index (χ4n) is 2.73. The number of carbonyl (C=O) groups excluding carboxylic acids is 1. The predicted molar refractivity (Wildman–Crippen MR) is 71.5 cm³/mol. The van der Waals surface area contributed by atoms with E-state index in [9.17, 15) is 9.18 Å². The van der Waals surface area contributed by atoms with Crippen molar-refractivity contribution in [1.29, 1.82) is 0 Å². The summed E-state index contributed by atoms with van der Waals surface area (Å²) in [4.78, 5) is 21.1. The minimum absolute atomic E-state index is 0.218. The molecule has 0 unspecified atom stereocenters. The zero-order valence-corrected chi connectivity index (χ0v) is 11.2. The van der Waals surface area contributed by atoms with Gasteiger partial charge < -0.3 is 9.72 Å². The predicted octanol–water partition coefficient (Wildman–Crippen LogP) is 1.84. The Labute approximate surface area is 115 Å². The normalized spacial score (nSPS) is 19.6. The molecule has 1 aliphatic rings. The van der Waals surface area contributed by atoms with Crippen molar-refractivity contribution in [3.05, 3.63) is 29.8 Å². The van der Waals surface area contributed by atoms with Crippen LogP contribution in [0.4, 0.5) is 4.39 Å². The van der Waals surface area contributed by atoms with E-state index in [-0.39, 0.29) is 17.8 Å². The quantitative estimate of drug-likeness (QED) is 0.870. The number of H-pyrrole nitrogens is 1. The summed E-state index contributed by atoms with van der Waals surface area (Å²) in [5.41, 5.74) is 1.02. The molecule has 1 saturated heterocycles. The maximum atomic E-state index is 13.6. The maximum Gasteiger partial charge on any atom is 0.323 e. The van der Waals surface area contributed by atoms with Gasteiger partial charge in [0.2, 0.25) is 0 Å². The van der Waals surface area contributed by atoms with Crippen LogP contribution in [0.3, 0.4) is 0 Å². The highest BCUT2D eigenvalue weighted by Crippen LogP contribution is 2.22. The topological polar surface area (TPSA) is 58.2 Å². The molecule has 5 nitrogen and oxygen atoms in total. The van der Waals surface area contributed by atoms with Crippen molar-refractivity contribution < 1.29 is 13.9 Å². The molecule has 2 heterocycles. The van der Waals surface area contributed by atoms with E-state index in [0.717, 1.165) is 19.4 Å². The first-order valence-corrected chi connectivity index (χ1v) is 6.64. The number of fused-ring (bicyclic) bond motifs is 1. The summed E-state index contributed by atoms with van der Waals surface area (Å²) in [5, 5.41) is 0. The third-order valence-corrected chi connectivity index (χ3v) is 3.70. The number of aromatic nitrogens is 2. The van der Waals surface area contributed by atoms with Crippen LogP contribution < -0.4 is 0 Å². The number of hydrogen-bond donors (Lipinski definition) is 1. The molecule has 1 aromatic heterocycles. The Kier molecular flexibility index (Phi) is 3.40. The van der Waals surface area contributed by atoms with Gasteiger partial charge in [-0.3, -0.25) is 9.69 Å². The van der Waals surface area contributed by atoms with E-state index in [4.69, 9.17) is 4.74 Å². The van der Waals surface area contributed by atoms with Crippen molar-refractivity contribution in [1.82, 2.24) is 14.9 Å². The van der Waals surface area contributed by atoms with Crippen LogP contribution in [-0.4, -0.2) is 40.5 Å². The molecule has 6 heteroatoms. The fourth-order valence-corrected chi connectivity index (χ4v) is 2.73. The summed E-state index contributed by atoms with van der Waals surface area (Å²) in [7, 11) is 1.40. The number of nitrogens with one attached hydrogen (secondary N) is 1. The first-order valence-electron chi connectivity index (χ1n) is 6.64. The number of ether oxygens (including phenoxy) is 1. The second kappa shape index (κ2) is 5.20. The lowest BCUT2D eigenvalue weighted by Crippen LogP contribution is -2.36. The number of methoxy groups -OCH3 is 1. The average molecular weight is 277 g/mol.